The van der Waals surface area contributed by atoms with Crippen LogP contribution in [0, 0.1) is 6.92 Å². The van der Waals surface area contributed by atoms with Gasteiger partial charge in [0.2, 0.25) is 0 Å². The summed E-state index contributed by atoms with van der Waals surface area (Å²) >= 11 is 1.27. The van der Waals surface area contributed by atoms with Gasteiger partial charge in [-0.25, -0.2) is 18.4 Å². The molecule has 1 aliphatic heterocycles. The van der Waals surface area contributed by atoms with Gasteiger partial charge in [0.05, 0.1) is 0 Å². The van der Waals surface area contributed by atoms with Crippen LogP contribution >= 0.6 is 11.3 Å². The first-order valence-electron chi connectivity index (χ1n) is 6.90. The van der Waals surface area contributed by atoms with E-state index in [1.807, 2.05) is 13.0 Å². The summed E-state index contributed by atoms with van der Waals surface area (Å²) in [6.07, 6.45) is 3.57. The smallest absolute Gasteiger partial charge is 0.242 e. The van der Waals surface area contributed by atoms with Crippen LogP contribution in [0.5, 0.6) is 0 Å². The van der Waals surface area contributed by atoms with Crippen molar-refractivity contribution in [2.75, 3.05) is 13.1 Å². The molecule has 1 saturated heterocycles. The average Bonchev–Trinajstić information content (AvgIpc) is 3.02. The summed E-state index contributed by atoms with van der Waals surface area (Å²) in [6.45, 7) is 2.93. The summed E-state index contributed by atoms with van der Waals surface area (Å²) in [7, 11) is -3.36. The monoisotopic (exact) mass is 323 g/mol. The predicted octanol–water partition coefficient (Wildman–Crippen LogP) is 2.41. The SMILES string of the molecule is Cc1nccc(C2CCCN(S(=O)(=O)c3cccs3)C2)n1. The van der Waals surface area contributed by atoms with Crippen LogP contribution in [0.2, 0.25) is 0 Å². The quantitative estimate of drug-likeness (QED) is 0.870. The third kappa shape index (κ3) is 3.00. The van der Waals surface area contributed by atoms with E-state index in [1.54, 1.807) is 28.0 Å². The predicted molar refractivity (Wildman–Crippen MR) is 81.8 cm³/mol. The van der Waals surface area contributed by atoms with E-state index in [4.69, 9.17) is 0 Å². The van der Waals surface area contributed by atoms with E-state index in [9.17, 15) is 8.42 Å². The lowest BCUT2D eigenvalue weighted by Gasteiger charge is -2.31. The van der Waals surface area contributed by atoms with Gasteiger partial charge >= 0.3 is 0 Å². The molecule has 0 saturated carbocycles. The highest BCUT2D eigenvalue weighted by molar-refractivity contribution is 7.91. The highest BCUT2D eigenvalue weighted by atomic mass is 32.2. The topological polar surface area (TPSA) is 63.2 Å². The largest absolute Gasteiger partial charge is 0.252 e. The van der Waals surface area contributed by atoms with Crippen molar-refractivity contribution < 1.29 is 8.42 Å². The molecule has 2 aromatic rings. The van der Waals surface area contributed by atoms with Gasteiger partial charge in [0.25, 0.3) is 10.0 Å². The summed E-state index contributed by atoms with van der Waals surface area (Å²) in [5.74, 6) is 0.876. The molecular formula is C14H17N3O2S2. The Morgan fingerprint density at radius 2 is 2.24 bits per heavy atom. The Bertz CT molecular complexity index is 714. The first kappa shape index (κ1) is 14.6. The van der Waals surface area contributed by atoms with Crippen LogP contribution in [-0.4, -0.2) is 35.8 Å². The van der Waals surface area contributed by atoms with Crippen molar-refractivity contribution in [2.24, 2.45) is 0 Å². The number of hydrogen-bond donors (Lipinski definition) is 0. The van der Waals surface area contributed by atoms with Crippen molar-refractivity contribution in [1.29, 1.82) is 0 Å². The Morgan fingerprint density at radius 1 is 1.38 bits per heavy atom. The molecule has 0 bridgehead atoms. The molecule has 0 N–H and O–H groups in total. The Kier molecular flexibility index (Phi) is 4.05. The fourth-order valence-electron chi connectivity index (χ4n) is 2.64. The number of hydrogen-bond acceptors (Lipinski definition) is 5. The minimum absolute atomic E-state index is 0.148. The Labute approximate surface area is 128 Å². The minimum atomic E-state index is -3.36. The van der Waals surface area contributed by atoms with Gasteiger partial charge in [-0.05, 0) is 37.3 Å². The van der Waals surface area contributed by atoms with E-state index in [0.29, 0.717) is 17.3 Å². The van der Waals surface area contributed by atoms with Gasteiger partial charge in [-0.3, -0.25) is 0 Å². The maximum Gasteiger partial charge on any atom is 0.252 e. The second-order valence-corrected chi connectivity index (χ2v) is 8.28. The van der Waals surface area contributed by atoms with Crippen LogP contribution in [0.4, 0.5) is 0 Å². The number of rotatable bonds is 3. The molecule has 3 heterocycles. The number of aryl methyl sites for hydroxylation is 1. The van der Waals surface area contributed by atoms with E-state index in [2.05, 4.69) is 9.97 Å². The van der Waals surface area contributed by atoms with Crippen molar-refractivity contribution in [3.05, 3.63) is 41.3 Å². The maximum absolute atomic E-state index is 12.6. The van der Waals surface area contributed by atoms with Crippen molar-refractivity contribution in [3.63, 3.8) is 0 Å². The van der Waals surface area contributed by atoms with Crippen LogP contribution in [0.1, 0.15) is 30.3 Å². The fraction of sp³-hybridized carbons (Fsp3) is 0.429. The maximum atomic E-state index is 12.6. The summed E-state index contributed by atoms with van der Waals surface area (Å²) in [6, 6.07) is 5.32. The van der Waals surface area contributed by atoms with E-state index >= 15 is 0 Å². The number of nitrogens with zero attached hydrogens (tertiary/aromatic N) is 3. The van der Waals surface area contributed by atoms with Gasteiger partial charge in [0, 0.05) is 30.9 Å². The zero-order valence-electron chi connectivity index (χ0n) is 11.8. The number of aromatic nitrogens is 2. The average molecular weight is 323 g/mol. The molecule has 112 valence electrons. The van der Waals surface area contributed by atoms with Crippen LogP contribution in [0.15, 0.2) is 34.0 Å². The van der Waals surface area contributed by atoms with Gasteiger partial charge in [-0.15, -0.1) is 11.3 Å². The highest BCUT2D eigenvalue weighted by Gasteiger charge is 2.31. The molecule has 0 amide bonds. The van der Waals surface area contributed by atoms with Gasteiger partial charge in [0.15, 0.2) is 0 Å². The standard InChI is InChI=1S/C14H17N3O2S2/c1-11-15-7-6-13(16-11)12-4-2-8-17(10-12)21(18,19)14-5-3-9-20-14/h3,5-7,9,12H,2,4,8,10H2,1H3. The fourth-order valence-corrected chi connectivity index (χ4v) is 5.31. The van der Waals surface area contributed by atoms with E-state index in [1.165, 1.54) is 11.3 Å². The lowest BCUT2D eigenvalue weighted by atomic mass is 9.96. The van der Waals surface area contributed by atoms with E-state index in [0.717, 1.165) is 24.4 Å². The summed E-state index contributed by atoms with van der Waals surface area (Å²) in [5, 5.41) is 1.79. The van der Waals surface area contributed by atoms with Gasteiger partial charge in [0.1, 0.15) is 10.0 Å². The zero-order valence-corrected chi connectivity index (χ0v) is 13.4. The van der Waals surface area contributed by atoms with Crippen molar-refractivity contribution in [2.45, 2.75) is 29.9 Å². The molecule has 21 heavy (non-hydrogen) atoms. The molecule has 0 aromatic carbocycles. The molecular weight excluding hydrogens is 306 g/mol. The summed E-state index contributed by atoms with van der Waals surface area (Å²) < 4.78 is 27.2. The van der Waals surface area contributed by atoms with Crippen LogP contribution in [-0.2, 0) is 10.0 Å². The van der Waals surface area contributed by atoms with E-state index < -0.39 is 10.0 Å². The first-order chi connectivity index (χ1) is 10.1. The van der Waals surface area contributed by atoms with Crippen LogP contribution in [0.3, 0.4) is 0 Å². The molecule has 3 rings (SSSR count). The van der Waals surface area contributed by atoms with Crippen LogP contribution < -0.4 is 0 Å². The normalized spacial score (nSPS) is 20.5. The number of piperidine rings is 1. The van der Waals surface area contributed by atoms with Gasteiger partial charge in [-0.2, -0.15) is 4.31 Å². The van der Waals surface area contributed by atoms with Crippen molar-refractivity contribution >= 4 is 21.4 Å². The molecule has 2 aromatic heterocycles. The molecule has 5 nitrogen and oxygen atoms in total. The molecule has 1 fully saturated rings. The minimum Gasteiger partial charge on any atom is -0.242 e. The zero-order chi connectivity index (χ0) is 14.9. The number of sulfonamides is 1. The second-order valence-electron chi connectivity index (χ2n) is 5.16. The van der Waals surface area contributed by atoms with Gasteiger partial charge in [-0.1, -0.05) is 6.07 Å². The van der Waals surface area contributed by atoms with Gasteiger partial charge < -0.3 is 0 Å². The van der Waals surface area contributed by atoms with E-state index in [-0.39, 0.29) is 5.92 Å². The molecule has 1 aliphatic rings. The second kappa shape index (κ2) is 5.82. The summed E-state index contributed by atoms with van der Waals surface area (Å²) in [4.78, 5) is 8.55. The van der Waals surface area contributed by atoms with Crippen molar-refractivity contribution in [1.82, 2.24) is 14.3 Å². The molecule has 0 spiro atoms. The molecule has 1 atom stereocenters. The third-order valence-corrected chi connectivity index (χ3v) is 6.93. The Balaban J connectivity index is 1.83. The lowest BCUT2D eigenvalue weighted by Crippen LogP contribution is -2.39. The Hall–Kier alpha value is -1.31. The summed E-state index contributed by atoms with van der Waals surface area (Å²) in [5.41, 5.74) is 0.938. The van der Waals surface area contributed by atoms with Crippen LogP contribution in [0.25, 0.3) is 0 Å². The molecule has 0 radical (unpaired) electrons. The molecule has 0 aliphatic carbocycles. The Morgan fingerprint density at radius 3 is 2.95 bits per heavy atom. The van der Waals surface area contributed by atoms with Crippen molar-refractivity contribution in [3.8, 4) is 0 Å². The number of thiophene rings is 1. The lowest BCUT2D eigenvalue weighted by molar-refractivity contribution is 0.313. The third-order valence-electron chi connectivity index (χ3n) is 3.69. The first-order valence-corrected chi connectivity index (χ1v) is 9.22. The molecule has 1 unspecified atom stereocenters. The highest BCUT2D eigenvalue weighted by Crippen LogP contribution is 2.30. The molecule has 7 heteroatoms.